The number of aliphatic hydroxyl groups excluding tert-OH is 1. The van der Waals surface area contributed by atoms with Crippen LogP contribution in [-0.2, 0) is 16.6 Å². The van der Waals surface area contributed by atoms with Crippen LogP contribution in [0.1, 0.15) is 23.1 Å². The van der Waals surface area contributed by atoms with Crippen LogP contribution in [0.5, 0.6) is 0 Å². The minimum Gasteiger partial charge on any atom is -0.392 e. The molecule has 2 N–H and O–H groups in total. The molecular weight excluding hydrogens is 282 g/mol. The fourth-order valence-electron chi connectivity index (χ4n) is 2.24. The smallest absolute Gasteiger partial charge is 0.241 e. The lowest BCUT2D eigenvalue weighted by atomic mass is 10.1. The number of hydrogen-bond acceptors (Lipinski definition) is 4. The topological polar surface area (TPSA) is 66.4 Å². The summed E-state index contributed by atoms with van der Waals surface area (Å²) >= 11 is 1.77. The Morgan fingerprint density at radius 3 is 2.68 bits per heavy atom. The predicted molar refractivity (Wildman–Crippen MR) is 77.9 cm³/mol. The van der Waals surface area contributed by atoms with E-state index < -0.39 is 10.0 Å². The Morgan fingerprint density at radius 2 is 2.11 bits per heavy atom. The molecule has 1 aliphatic heterocycles. The Kier molecular flexibility index (Phi) is 4.55. The van der Waals surface area contributed by atoms with Crippen molar-refractivity contribution in [3.05, 3.63) is 28.8 Å². The number of aryl methyl sites for hydroxylation is 2. The Hall–Kier alpha value is -0.560. The van der Waals surface area contributed by atoms with E-state index in [4.69, 9.17) is 0 Å². The zero-order valence-corrected chi connectivity index (χ0v) is 12.8. The molecule has 1 heterocycles. The van der Waals surface area contributed by atoms with Crippen molar-refractivity contribution in [2.75, 3.05) is 11.5 Å². The molecule has 1 atom stereocenters. The standard InChI is InChI=1S/C13H19NO3S2/c1-9-5-10(2)13(6-11(9)7-15)19(16,17)14-12-3-4-18-8-12/h5-6,12,14-15H,3-4,7-8H2,1-2H3. The van der Waals surface area contributed by atoms with Crippen LogP contribution >= 0.6 is 11.8 Å². The third kappa shape index (κ3) is 3.31. The maximum atomic E-state index is 12.4. The summed E-state index contributed by atoms with van der Waals surface area (Å²) in [6.45, 7) is 3.51. The van der Waals surface area contributed by atoms with Gasteiger partial charge in [-0.2, -0.15) is 11.8 Å². The highest BCUT2D eigenvalue weighted by atomic mass is 32.2. The maximum absolute atomic E-state index is 12.4. The van der Waals surface area contributed by atoms with Crippen LogP contribution < -0.4 is 4.72 Å². The molecule has 0 bridgehead atoms. The quantitative estimate of drug-likeness (QED) is 0.886. The van der Waals surface area contributed by atoms with Gasteiger partial charge in [-0.25, -0.2) is 13.1 Å². The lowest BCUT2D eigenvalue weighted by molar-refractivity contribution is 0.280. The van der Waals surface area contributed by atoms with E-state index in [1.54, 1.807) is 24.8 Å². The first-order valence-corrected chi connectivity index (χ1v) is 8.89. The summed E-state index contributed by atoms with van der Waals surface area (Å²) in [7, 11) is -3.50. The van der Waals surface area contributed by atoms with Gasteiger partial charge in [0.05, 0.1) is 11.5 Å². The molecule has 1 fully saturated rings. The maximum Gasteiger partial charge on any atom is 0.241 e. The Balaban J connectivity index is 2.33. The van der Waals surface area contributed by atoms with Crippen molar-refractivity contribution in [2.45, 2.75) is 37.8 Å². The fraction of sp³-hybridized carbons (Fsp3) is 0.538. The largest absolute Gasteiger partial charge is 0.392 e. The number of thioether (sulfide) groups is 1. The summed E-state index contributed by atoms with van der Waals surface area (Å²) in [5.41, 5.74) is 2.29. The number of aliphatic hydroxyl groups is 1. The number of hydrogen-bond donors (Lipinski definition) is 2. The third-order valence-electron chi connectivity index (χ3n) is 3.34. The molecule has 1 aromatic rings. The van der Waals surface area contributed by atoms with Crippen molar-refractivity contribution in [3.63, 3.8) is 0 Å². The molecule has 4 nitrogen and oxygen atoms in total. The molecule has 1 unspecified atom stereocenters. The van der Waals surface area contributed by atoms with Gasteiger partial charge >= 0.3 is 0 Å². The molecule has 0 spiro atoms. The molecule has 1 aliphatic rings. The first kappa shape index (κ1) is 14.8. The van der Waals surface area contributed by atoms with E-state index in [0.29, 0.717) is 11.1 Å². The molecule has 1 saturated heterocycles. The normalized spacial score (nSPS) is 19.8. The van der Waals surface area contributed by atoms with Crippen LogP contribution in [0.2, 0.25) is 0 Å². The van der Waals surface area contributed by atoms with E-state index in [2.05, 4.69) is 4.72 Å². The second-order valence-electron chi connectivity index (χ2n) is 4.88. The lowest BCUT2D eigenvalue weighted by Gasteiger charge is -2.15. The van der Waals surface area contributed by atoms with Crippen LogP contribution in [0.3, 0.4) is 0 Å². The van der Waals surface area contributed by atoms with Gasteiger partial charge in [-0.3, -0.25) is 0 Å². The van der Waals surface area contributed by atoms with E-state index in [9.17, 15) is 13.5 Å². The molecule has 0 saturated carbocycles. The molecule has 2 rings (SSSR count). The average Bonchev–Trinajstić information content (AvgIpc) is 2.80. The Morgan fingerprint density at radius 1 is 1.37 bits per heavy atom. The lowest BCUT2D eigenvalue weighted by Crippen LogP contribution is -2.35. The third-order valence-corrected chi connectivity index (χ3v) is 6.17. The van der Waals surface area contributed by atoms with Crippen LogP contribution in [0.15, 0.2) is 17.0 Å². The van der Waals surface area contributed by atoms with Crippen molar-refractivity contribution in [2.24, 2.45) is 0 Å². The first-order chi connectivity index (χ1) is 8.94. The molecular formula is C13H19NO3S2. The average molecular weight is 301 g/mol. The minimum absolute atomic E-state index is 0.0216. The van der Waals surface area contributed by atoms with Crippen molar-refractivity contribution in [3.8, 4) is 0 Å². The van der Waals surface area contributed by atoms with Gasteiger partial charge in [0.1, 0.15) is 0 Å². The molecule has 19 heavy (non-hydrogen) atoms. The van der Waals surface area contributed by atoms with Crippen molar-refractivity contribution in [1.29, 1.82) is 0 Å². The van der Waals surface area contributed by atoms with Crippen molar-refractivity contribution >= 4 is 21.8 Å². The van der Waals surface area contributed by atoms with Gasteiger partial charge in [-0.1, -0.05) is 6.07 Å². The molecule has 106 valence electrons. The highest BCUT2D eigenvalue weighted by molar-refractivity contribution is 7.99. The van der Waals surface area contributed by atoms with Gasteiger partial charge in [-0.15, -0.1) is 0 Å². The second-order valence-corrected chi connectivity index (χ2v) is 7.72. The van der Waals surface area contributed by atoms with E-state index in [1.807, 2.05) is 13.0 Å². The van der Waals surface area contributed by atoms with E-state index in [-0.39, 0.29) is 17.5 Å². The van der Waals surface area contributed by atoms with Gasteiger partial charge < -0.3 is 5.11 Å². The summed E-state index contributed by atoms with van der Waals surface area (Å²) in [4.78, 5) is 0.277. The van der Waals surface area contributed by atoms with Crippen LogP contribution in [0, 0.1) is 13.8 Å². The second kappa shape index (κ2) is 5.83. The van der Waals surface area contributed by atoms with Gasteiger partial charge in [0.15, 0.2) is 0 Å². The van der Waals surface area contributed by atoms with Gasteiger partial charge in [-0.05, 0) is 48.8 Å². The number of benzene rings is 1. The van der Waals surface area contributed by atoms with Crippen molar-refractivity contribution in [1.82, 2.24) is 4.72 Å². The number of nitrogens with one attached hydrogen (secondary N) is 1. The number of sulfonamides is 1. The highest BCUT2D eigenvalue weighted by Gasteiger charge is 2.25. The van der Waals surface area contributed by atoms with Gasteiger partial charge in [0, 0.05) is 11.8 Å². The Bertz CT molecular complexity index is 563. The predicted octanol–water partition coefficient (Wildman–Crippen LogP) is 1.58. The monoisotopic (exact) mass is 301 g/mol. The van der Waals surface area contributed by atoms with Crippen LogP contribution in [0.4, 0.5) is 0 Å². The van der Waals surface area contributed by atoms with E-state index in [0.717, 1.165) is 23.5 Å². The van der Waals surface area contributed by atoms with Crippen molar-refractivity contribution < 1.29 is 13.5 Å². The first-order valence-electron chi connectivity index (χ1n) is 6.25. The number of rotatable bonds is 4. The molecule has 1 aromatic carbocycles. The van der Waals surface area contributed by atoms with E-state index >= 15 is 0 Å². The van der Waals surface area contributed by atoms with E-state index in [1.165, 1.54) is 0 Å². The molecule has 0 aliphatic carbocycles. The summed E-state index contributed by atoms with van der Waals surface area (Å²) < 4.78 is 27.5. The summed E-state index contributed by atoms with van der Waals surface area (Å²) in [5.74, 6) is 1.83. The minimum atomic E-state index is -3.50. The molecule has 0 aromatic heterocycles. The molecule has 6 heteroatoms. The summed E-state index contributed by atoms with van der Waals surface area (Å²) in [5, 5.41) is 9.27. The molecule has 0 amide bonds. The zero-order chi connectivity index (χ0) is 14.0. The van der Waals surface area contributed by atoms with Gasteiger partial charge in [0.25, 0.3) is 0 Å². The SMILES string of the molecule is Cc1cc(C)c(S(=O)(=O)NC2CCSC2)cc1CO. The summed E-state index contributed by atoms with van der Waals surface area (Å²) in [6, 6.07) is 3.41. The summed E-state index contributed by atoms with van der Waals surface area (Å²) in [6.07, 6.45) is 0.877. The Labute approximate surface area is 118 Å². The zero-order valence-electron chi connectivity index (χ0n) is 11.1. The van der Waals surface area contributed by atoms with Crippen LogP contribution in [0.25, 0.3) is 0 Å². The molecule has 0 radical (unpaired) electrons. The fourth-order valence-corrected chi connectivity index (χ4v) is 5.05. The van der Waals surface area contributed by atoms with Crippen LogP contribution in [-0.4, -0.2) is 31.1 Å². The van der Waals surface area contributed by atoms with Gasteiger partial charge in [0.2, 0.25) is 10.0 Å². The highest BCUT2D eigenvalue weighted by Crippen LogP contribution is 2.23.